The summed E-state index contributed by atoms with van der Waals surface area (Å²) in [7, 11) is 0. The molecule has 2 heterocycles. The van der Waals surface area contributed by atoms with Crippen molar-refractivity contribution in [2.45, 2.75) is 0 Å². The van der Waals surface area contributed by atoms with Crippen LogP contribution < -0.4 is 10.2 Å². The van der Waals surface area contributed by atoms with Gasteiger partial charge in [0.15, 0.2) is 5.13 Å². The van der Waals surface area contributed by atoms with Gasteiger partial charge in [-0.05, 0) is 35.0 Å². The van der Waals surface area contributed by atoms with E-state index in [1.807, 2.05) is 65.6 Å². The fourth-order valence-corrected chi connectivity index (χ4v) is 5.66. The molecule has 33 heavy (non-hydrogen) atoms. The molecular formula is C25H24N4O2S2. The van der Waals surface area contributed by atoms with E-state index in [4.69, 9.17) is 4.98 Å². The van der Waals surface area contributed by atoms with Crippen LogP contribution in [-0.2, 0) is 9.59 Å². The number of hydrogen-bond acceptors (Lipinski definition) is 6. The van der Waals surface area contributed by atoms with E-state index in [-0.39, 0.29) is 17.6 Å². The second-order valence-corrected chi connectivity index (χ2v) is 9.93. The summed E-state index contributed by atoms with van der Waals surface area (Å²) in [6.45, 7) is 2.91. The number of benzene rings is 3. The molecule has 0 saturated carbocycles. The third kappa shape index (κ3) is 5.12. The fraction of sp³-hybridized carbons (Fsp3) is 0.240. The van der Waals surface area contributed by atoms with Gasteiger partial charge in [-0.25, -0.2) is 4.98 Å². The summed E-state index contributed by atoms with van der Waals surface area (Å²) in [5.41, 5.74) is 1.80. The van der Waals surface area contributed by atoms with Gasteiger partial charge in [0.2, 0.25) is 11.8 Å². The predicted molar refractivity (Wildman–Crippen MR) is 138 cm³/mol. The molecule has 0 spiro atoms. The van der Waals surface area contributed by atoms with Crippen LogP contribution in [0.2, 0.25) is 0 Å². The Morgan fingerprint density at radius 2 is 1.67 bits per heavy atom. The molecule has 1 aliphatic rings. The molecule has 3 aromatic carbocycles. The maximum absolute atomic E-state index is 12.6. The van der Waals surface area contributed by atoms with Crippen molar-refractivity contribution < 1.29 is 9.59 Å². The van der Waals surface area contributed by atoms with Gasteiger partial charge in [0, 0.05) is 31.9 Å². The highest BCUT2D eigenvalue weighted by Crippen LogP contribution is 2.29. The average molecular weight is 477 g/mol. The minimum atomic E-state index is -0.0938. The zero-order chi connectivity index (χ0) is 22.6. The van der Waals surface area contributed by atoms with Crippen LogP contribution in [0.4, 0.5) is 10.8 Å². The largest absolute Gasteiger partial charge is 0.345 e. The van der Waals surface area contributed by atoms with Crippen LogP contribution in [0.1, 0.15) is 0 Å². The third-order valence-corrected chi connectivity index (χ3v) is 7.69. The van der Waals surface area contributed by atoms with Crippen molar-refractivity contribution in [3.8, 4) is 0 Å². The van der Waals surface area contributed by atoms with Gasteiger partial charge in [-0.1, -0.05) is 53.8 Å². The van der Waals surface area contributed by atoms with Gasteiger partial charge in [0.25, 0.3) is 0 Å². The number of aromatic nitrogens is 1. The summed E-state index contributed by atoms with van der Waals surface area (Å²) in [5, 5.41) is 6.17. The number of carbonyl (C=O) groups excluding carboxylic acids is 2. The number of carbonyl (C=O) groups is 2. The Kier molecular flexibility index (Phi) is 6.46. The Bertz CT molecular complexity index is 1260. The molecule has 0 bridgehead atoms. The number of thiazole rings is 1. The molecular weight excluding hydrogens is 452 g/mol. The summed E-state index contributed by atoms with van der Waals surface area (Å²) < 4.78 is 1.18. The molecule has 0 unspecified atom stereocenters. The Morgan fingerprint density at radius 3 is 2.48 bits per heavy atom. The van der Waals surface area contributed by atoms with Gasteiger partial charge in [-0.3, -0.25) is 9.59 Å². The molecule has 0 aliphatic carbocycles. The fourth-order valence-electron chi connectivity index (χ4n) is 3.93. The smallest absolute Gasteiger partial charge is 0.234 e. The maximum Gasteiger partial charge on any atom is 0.234 e. The van der Waals surface area contributed by atoms with Crippen LogP contribution in [0.25, 0.3) is 21.0 Å². The molecule has 2 amide bonds. The van der Waals surface area contributed by atoms with Gasteiger partial charge in [0.05, 0.1) is 21.7 Å². The summed E-state index contributed by atoms with van der Waals surface area (Å²) >= 11 is 3.05. The Morgan fingerprint density at radius 1 is 0.909 bits per heavy atom. The quantitative estimate of drug-likeness (QED) is 0.445. The van der Waals surface area contributed by atoms with Crippen molar-refractivity contribution >= 4 is 66.7 Å². The maximum atomic E-state index is 12.6. The number of piperazine rings is 1. The lowest BCUT2D eigenvalue weighted by Crippen LogP contribution is -2.49. The van der Waals surface area contributed by atoms with Crippen molar-refractivity contribution in [3.05, 3.63) is 66.7 Å². The standard InChI is InChI=1S/C25H24N4O2S2/c30-23(26-20-10-9-18-5-1-2-6-19(18)15-20)16-32-17-24(31)28-11-13-29(14-12-28)25-27-21-7-3-4-8-22(21)33-25/h1-10,15H,11-14,16-17H2,(H,26,30). The van der Waals surface area contributed by atoms with Crippen LogP contribution >= 0.6 is 23.1 Å². The molecule has 8 heteroatoms. The molecule has 4 aromatic rings. The summed E-state index contributed by atoms with van der Waals surface area (Å²) in [6.07, 6.45) is 0. The number of thioether (sulfide) groups is 1. The highest BCUT2D eigenvalue weighted by Gasteiger charge is 2.23. The van der Waals surface area contributed by atoms with E-state index in [9.17, 15) is 9.59 Å². The lowest BCUT2D eigenvalue weighted by atomic mass is 10.1. The summed E-state index contributed by atoms with van der Waals surface area (Å²) in [4.78, 5) is 33.8. The number of nitrogens with zero attached hydrogens (tertiary/aromatic N) is 3. The van der Waals surface area contributed by atoms with E-state index in [0.717, 1.165) is 40.2 Å². The molecule has 1 fully saturated rings. The monoisotopic (exact) mass is 476 g/mol. The van der Waals surface area contributed by atoms with Gasteiger partial charge < -0.3 is 15.1 Å². The van der Waals surface area contributed by atoms with E-state index in [1.54, 1.807) is 11.3 Å². The second kappa shape index (κ2) is 9.80. The highest BCUT2D eigenvalue weighted by atomic mass is 32.2. The van der Waals surface area contributed by atoms with Crippen molar-refractivity contribution in [3.63, 3.8) is 0 Å². The number of nitrogens with one attached hydrogen (secondary N) is 1. The topological polar surface area (TPSA) is 65.5 Å². The van der Waals surface area contributed by atoms with Crippen LogP contribution in [-0.4, -0.2) is 59.4 Å². The molecule has 0 atom stereocenters. The first-order valence-corrected chi connectivity index (χ1v) is 12.9. The van der Waals surface area contributed by atoms with Crippen molar-refractivity contribution in [1.82, 2.24) is 9.88 Å². The summed E-state index contributed by atoms with van der Waals surface area (Å²) in [5.74, 6) is 0.558. The van der Waals surface area contributed by atoms with Crippen LogP contribution in [0.5, 0.6) is 0 Å². The summed E-state index contributed by atoms with van der Waals surface area (Å²) in [6, 6.07) is 22.1. The van der Waals surface area contributed by atoms with Crippen LogP contribution in [0.15, 0.2) is 66.7 Å². The first-order chi connectivity index (χ1) is 16.2. The number of para-hydroxylation sites is 1. The van der Waals surface area contributed by atoms with Gasteiger partial charge in [-0.2, -0.15) is 0 Å². The Labute approximate surface area is 200 Å². The SMILES string of the molecule is O=C(CSCC(=O)N1CCN(c2nc3ccccc3s2)CC1)Nc1ccc2ccccc2c1. The first-order valence-electron chi connectivity index (χ1n) is 10.9. The third-order valence-electron chi connectivity index (χ3n) is 5.68. The van der Waals surface area contributed by atoms with Gasteiger partial charge >= 0.3 is 0 Å². The van der Waals surface area contributed by atoms with E-state index in [1.165, 1.54) is 16.5 Å². The number of hydrogen-bond donors (Lipinski definition) is 1. The average Bonchev–Trinajstić information content (AvgIpc) is 3.28. The molecule has 1 aliphatic heterocycles. The number of amides is 2. The van der Waals surface area contributed by atoms with Crippen LogP contribution in [0, 0.1) is 0 Å². The van der Waals surface area contributed by atoms with E-state index >= 15 is 0 Å². The van der Waals surface area contributed by atoms with Crippen molar-refractivity contribution in [2.24, 2.45) is 0 Å². The molecule has 168 valence electrons. The van der Waals surface area contributed by atoms with E-state index < -0.39 is 0 Å². The Hall–Kier alpha value is -3.10. The van der Waals surface area contributed by atoms with E-state index in [2.05, 4.69) is 16.3 Å². The normalized spacial score (nSPS) is 14.1. The van der Waals surface area contributed by atoms with Crippen molar-refractivity contribution in [1.29, 1.82) is 0 Å². The van der Waals surface area contributed by atoms with E-state index in [0.29, 0.717) is 18.8 Å². The zero-order valence-electron chi connectivity index (χ0n) is 18.1. The lowest BCUT2D eigenvalue weighted by Gasteiger charge is -2.34. The van der Waals surface area contributed by atoms with Crippen LogP contribution in [0.3, 0.4) is 0 Å². The minimum absolute atomic E-state index is 0.0856. The Balaban J connectivity index is 1.06. The number of rotatable bonds is 6. The van der Waals surface area contributed by atoms with Gasteiger partial charge in [0.1, 0.15) is 0 Å². The molecule has 5 rings (SSSR count). The lowest BCUT2D eigenvalue weighted by molar-refractivity contribution is -0.128. The molecule has 1 N–H and O–H groups in total. The zero-order valence-corrected chi connectivity index (χ0v) is 19.7. The highest BCUT2D eigenvalue weighted by molar-refractivity contribution is 8.00. The number of anilines is 2. The molecule has 6 nitrogen and oxygen atoms in total. The molecule has 1 aromatic heterocycles. The van der Waals surface area contributed by atoms with Gasteiger partial charge in [-0.15, -0.1) is 11.8 Å². The molecule has 0 radical (unpaired) electrons. The minimum Gasteiger partial charge on any atom is -0.345 e. The molecule has 1 saturated heterocycles. The second-order valence-electron chi connectivity index (χ2n) is 7.93. The number of fused-ring (bicyclic) bond motifs is 2. The predicted octanol–water partition coefficient (Wildman–Crippen LogP) is 4.47. The first kappa shape index (κ1) is 21.7. The van der Waals surface area contributed by atoms with Crippen molar-refractivity contribution in [2.75, 3.05) is 47.9 Å².